The Hall–Kier alpha value is -2.00. The second kappa shape index (κ2) is 7.71. The van der Waals surface area contributed by atoms with Crippen molar-refractivity contribution >= 4 is 18.1 Å². The Bertz CT molecular complexity index is 805. The fraction of sp³-hybridized carbons (Fsp3) is 0.500. The molecular weight excluding hydrogens is 373 g/mol. The molecule has 1 heterocycles. The molecule has 1 aliphatic carbocycles. The zero-order chi connectivity index (χ0) is 18.2. The van der Waals surface area contributed by atoms with Gasteiger partial charge in [0.2, 0.25) is 5.89 Å². The number of H-pyrrole nitrogens is 1. The van der Waals surface area contributed by atoms with E-state index in [0.29, 0.717) is 0 Å². The van der Waals surface area contributed by atoms with Gasteiger partial charge in [-0.3, -0.25) is 0 Å². The maximum atomic E-state index is 13.3. The first-order valence-corrected chi connectivity index (χ1v) is 8.03. The molecule has 0 aliphatic heterocycles. The summed E-state index contributed by atoms with van der Waals surface area (Å²) < 4.78 is 44.8. The number of nitrogens with one attached hydrogen (secondary N) is 2. The van der Waals surface area contributed by atoms with Gasteiger partial charge in [-0.05, 0) is 50.3 Å². The van der Waals surface area contributed by atoms with E-state index in [2.05, 4.69) is 15.5 Å². The maximum absolute atomic E-state index is 13.3. The van der Waals surface area contributed by atoms with E-state index >= 15 is 0 Å². The van der Waals surface area contributed by atoms with Crippen LogP contribution in [0.2, 0.25) is 0 Å². The molecule has 10 heteroatoms. The van der Waals surface area contributed by atoms with E-state index in [-0.39, 0.29) is 47.6 Å². The molecule has 6 nitrogen and oxygen atoms in total. The number of hydrogen-bond donors (Lipinski definition) is 3. The molecule has 0 amide bonds. The van der Waals surface area contributed by atoms with E-state index in [1.807, 2.05) is 6.92 Å². The van der Waals surface area contributed by atoms with Crippen LogP contribution >= 0.6 is 12.4 Å². The maximum Gasteiger partial charge on any atom is 0.434 e. The largest absolute Gasteiger partial charge is 0.434 e. The fourth-order valence-corrected chi connectivity index (χ4v) is 3.27. The van der Waals surface area contributed by atoms with Crippen LogP contribution in [0.1, 0.15) is 31.7 Å². The highest BCUT2D eigenvalue weighted by atomic mass is 35.5. The number of aromatic nitrogens is 2. The Labute approximate surface area is 153 Å². The smallest absolute Gasteiger partial charge is 0.388 e. The van der Waals surface area contributed by atoms with Crippen LogP contribution in [-0.4, -0.2) is 22.3 Å². The fourth-order valence-electron chi connectivity index (χ4n) is 3.27. The average molecular weight is 393 g/mol. The number of benzene rings is 1. The topological polar surface area (TPSA) is 96.9 Å². The van der Waals surface area contributed by atoms with Crippen LogP contribution in [0.5, 0.6) is 0 Å². The lowest BCUT2D eigenvalue weighted by Gasteiger charge is -2.24. The average Bonchev–Trinajstić information content (AvgIpc) is 3.14. The van der Waals surface area contributed by atoms with Gasteiger partial charge in [0, 0.05) is 23.3 Å². The Morgan fingerprint density at radius 3 is 2.65 bits per heavy atom. The van der Waals surface area contributed by atoms with Crippen molar-refractivity contribution in [2.45, 2.75) is 44.4 Å². The van der Waals surface area contributed by atoms with Crippen LogP contribution in [0.4, 0.5) is 18.9 Å². The molecule has 0 spiro atoms. The van der Waals surface area contributed by atoms with Gasteiger partial charge in [0.25, 0.3) is 0 Å². The predicted octanol–water partition coefficient (Wildman–Crippen LogP) is 3.40. The number of hydrogen-bond acceptors (Lipinski definition) is 5. The number of anilines is 1. The first-order chi connectivity index (χ1) is 11.7. The third kappa shape index (κ3) is 4.39. The molecule has 144 valence electrons. The summed E-state index contributed by atoms with van der Waals surface area (Å²) in [4.78, 5) is 11.1. The monoisotopic (exact) mass is 392 g/mol. The van der Waals surface area contributed by atoms with Crippen molar-refractivity contribution in [3.8, 4) is 11.5 Å². The molecule has 1 fully saturated rings. The minimum atomic E-state index is -4.50. The standard InChI is InChI=1S/C16H19F3N4O2.ClH/c1-8(9-2-4-11(20)6-9)21-13-7-10(14-22-23-15(24)25-14)3-5-12(13)16(17,18)19;/h3,5,7-9,11,21H,2,4,6,20H2,1H3,(H,23,24);1H/t8?,9-,11+;/m0./s1. The van der Waals surface area contributed by atoms with E-state index in [1.54, 1.807) is 0 Å². The summed E-state index contributed by atoms with van der Waals surface area (Å²) in [5, 5.41) is 8.71. The zero-order valence-electron chi connectivity index (χ0n) is 14.0. The van der Waals surface area contributed by atoms with Gasteiger partial charge in [0.15, 0.2) is 0 Å². The molecule has 4 N–H and O–H groups in total. The zero-order valence-corrected chi connectivity index (χ0v) is 14.8. The van der Waals surface area contributed by atoms with E-state index in [4.69, 9.17) is 10.2 Å². The highest BCUT2D eigenvalue weighted by molar-refractivity contribution is 5.85. The number of rotatable bonds is 4. The summed E-state index contributed by atoms with van der Waals surface area (Å²) in [5.41, 5.74) is 5.34. The molecule has 1 aliphatic rings. The Morgan fingerprint density at radius 2 is 2.12 bits per heavy atom. The summed E-state index contributed by atoms with van der Waals surface area (Å²) in [7, 11) is 0. The SMILES string of the molecule is CC(Nc1cc(-c2n[nH]c(=O)o2)ccc1C(F)(F)F)[C@H]1CC[C@@H](N)C1.Cl. The van der Waals surface area contributed by atoms with Crippen LogP contribution in [0.15, 0.2) is 27.4 Å². The van der Waals surface area contributed by atoms with Gasteiger partial charge < -0.3 is 15.5 Å². The van der Waals surface area contributed by atoms with Crippen LogP contribution in [-0.2, 0) is 6.18 Å². The molecule has 0 bridgehead atoms. The first kappa shape index (κ1) is 20.3. The third-order valence-electron chi connectivity index (χ3n) is 4.61. The number of halogens is 4. The van der Waals surface area contributed by atoms with E-state index in [1.165, 1.54) is 12.1 Å². The highest BCUT2D eigenvalue weighted by Crippen LogP contribution is 2.38. The quantitative estimate of drug-likeness (QED) is 0.741. The molecule has 1 unspecified atom stereocenters. The molecule has 1 saturated carbocycles. The lowest BCUT2D eigenvalue weighted by molar-refractivity contribution is -0.137. The minimum Gasteiger partial charge on any atom is -0.388 e. The van der Waals surface area contributed by atoms with Gasteiger partial charge in [-0.15, -0.1) is 17.5 Å². The van der Waals surface area contributed by atoms with Crippen molar-refractivity contribution in [2.24, 2.45) is 11.7 Å². The molecule has 3 rings (SSSR count). The summed E-state index contributed by atoms with van der Waals surface area (Å²) in [6.45, 7) is 1.85. The summed E-state index contributed by atoms with van der Waals surface area (Å²) in [5.74, 6) is -0.613. The second-order valence-electron chi connectivity index (χ2n) is 6.44. The Morgan fingerprint density at radius 1 is 1.38 bits per heavy atom. The number of nitrogens with zero attached hydrogens (tertiary/aromatic N) is 1. The lowest BCUT2D eigenvalue weighted by Crippen LogP contribution is -2.27. The van der Waals surface area contributed by atoms with Gasteiger partial charge in [-0.2, -0.15) is 13.2 Å². The molecular formula is C16H20ClF3N4O2. The normalized spacial score (nSPS) is 21.3. The molecule has 26 heavy (non-hydrogen) atoms. The molecule has 1 aromatic carbocycles. The number of alkyl halides is 3. The summed E-state index contributed by atoms with van der Waals surface area (Å²) >= 11 is 0. The summed E-state index contributed by atoms with van der Waals surface area (Å²) in [6.07, 6.45) is -1.96. The minimum absolute atomic E-state index is 0. The van der Waals surface area contributed by atoms with Gasteiger partial charge in [0.1, 0.15) is 0 Å². The number of aromatic amines is 1. The van der Waals surface area contributed by atoms with Crippen molar-refractivity contribution in [2.75, 3.05) is 5.32 Å². The van der Waals surface area contributed by atoms with Crippen molar-refractivity contribution in [1.29, 1.82) is 0 Å². The molecule has 0 radical (unpaired) electrons. The third-order valence-corrected chi connectivity index (χ3v) is 4.61. The lowest BCUT2D eigenvalue weighted by atomic mass is 9.98. The Balaban J connectivity index is 0.00000243. The predicted molar refractivity (Wildman–Crippen MR) is 93.2 cm³/mol. The van der Waals surface area contributed by atoms with Crippen molar-refractivity contribution < 1.29 is 17.6 Å². The van der Waals surface area contributed by atoms with Gasteiger partial charge in [-0.1, -0.05) is 0 Å². The van der Waals surface area contributed by atoms with Crippen molar-refractivity contribution in [3.63, 3.8) is 0 Å². The van der Waals surface area contributed by atoms with Gasteiger partial charge >= 0.3 is 11.9 Å². The molecule has 3 atom stereocenters. The van der Waals surface area contributed by atoms with E-state index < -0.39 is 17.5 Å². The van der Waals surface area contributed by atoms with Gasteiger partial charge in [-0.25, -0.2) is 9.89 Å². The van der Waals surface area contributed by atoms with Crippen LogP contribution in [0, 0.1) is 5.92 Å². The highest BCUT2D eigenvalue weighted by Gasteiger charge is 2.35. The van der Waals surface area contributed by atoms with Crippen molar-refractivity contribution in [3.05, 3.63) is 34.3 Å². The van der Waals surface area contributed by atoms with Crippen LogP contribution in [0.3, 0.4) is 0 Å². The van der Waals surface area contributed by atoms with E-state index in [9.17, 15) is 18.0 Å². The molecule has 1 aromatic heterocycles. The van der Waals surface area contributed by atoms with Crippen LogP contribution < -0.4 is 16.8 Å². The first-order valence-electron chi connectivity index (χ1n) is 8.03. The molecule has 0 saturated heterocycles. The Kier molecular flexibility index (Phi) is 6.02. The number of nitrogens with two attached hydrogens (primary N) is 1. The van der Waals surface area contributed by atoms with Crippen molar-refractivity contribution in [1.82, 2.24) is 10.2 Å². The second-order valence-corrected chi connectivity index (χ2v) is 6.44. The van der Waals surface area contributed by atoms with Gasteiger partial charge in [0.05, 0.1) is 5.56 Å². The van der Waals surface area contributed by atoms with Crippen LogP contribution in [0.25, 0.3) is 11.5 Å². The summed E-state index contributed by atoms with van der Waals surface area (Å²) in [6, 6.07) is 3.41. The van der Waals surface area contributed by atoms with E-state index in [0.717, 1.165) is 25.3 Å². The molecule has 2 aromatic rings.